The van der Waals surface area contributed by atoms with Crippen molar-refractivity contribution in [2.75, 3.05) is 44.7 Å². The van der Waals surface area contributed by atoms with Crippen molar-refractivity contribution in [3.63, 3.8) is 0 Å². The van der Waals surface area contributed by atoms with E-state index >= 15 is 0 Å². The molecule has 1 aliphatic heterocycles. The minimum Gasteiger partial charge on any atom is -0.482 e. The maximum Gasteiger partial charge on any atom is 0.401 e. The van der Waals surface area contributed by atoms with Gasteiger partial charge in [-0.15, -0.1) is 0 Å². The molecule has 144 valence electrons. The normalized spacial score (nSPS) is 14.2. The summed E-state index contributed by atoms with van der Waals surface area (Å²) in [5.41, 5.74) is 0.630. The standard InChI is InChI=1S/C17H22F3N3O3/c1-22(12-17(18,19)20)9-4-8-21-15(24)7-10-23-13-5-2-3-6-14(13)26-11-16(23)25/h2-3,5-6H,4,7-12H2,1H3,(H,21,24). The number of carbonyl (C=O) groups excluding carboxylic acids is 2. The molecule has 0 aliphatic carbocycles. The molecule has 0 bridgehead atoms. The van der Waals surface area contributed by atoms with Crippen LogP contribution in [-0.4, -0.2) is 62.7 Å². The molecule has 2 amide bonds. The van der Waals surface area contributed by atoms with Crippen LogP contribution < -0.4 is 15.0 Å². The first kappa shape index (κ1) is 20.0. The van der Waals surface area contributed by atoms with Gasteiger partial charge < -0.3 is 15.0 Å². The fraction of sp³-hybridized carbons (Fsp3) is 0.529. The van der Waals surface area contributed by atoms with E-state index in [9.17, 15) is 22.8 Å². The fourth-order valence-corrected chi connectivity index (χ4v) is 2.66. The van der Waals surface area contributed by atoms with Gasteiger partial charge >= 0.3 is 6.18 Å². The van der Waals surface area contributed by atoms with Crippen molar-refractivity contribution >= 4 is 17.5 Å². The van der Waals surface area contributed by atoms with Gasteiger partial charge in [-0.1, -0.05) is 12.1 Å². The number of rotatable bonds is 8. The minimum atomic E-state index is -4.22. The van der Waals surface area contributed by atoms with E-state index in [1.807, 2.05) is 0 Å². The van der Waals surface area contributed by atoms with Crippen molar-refractivity contribution in [1.82, 2.24) is 10.2 Å². The van der Waals surface area contributed by atoms with Crippen LogP contribution in [0, 0.1) is 0 Å². The van der Waals surface area contributed by atoms with Crippen LogP contribution >= 0.6 is 0 Å². The predicted molar refractivity (Wildman–Crippen MR) is 90.1 cm³/mol. The number of carbonyl (C=O) groups is 2. The van der Waals surface area contributed by atoms with E-state index in [4.69, 9.17) is 4.74 Å². The summed E-state index contributed by atoms with van der Waals surface area (Å²) in [4.78, 5) is 26.6. The smallest absolute Gasteiger partial charge is 0.401 e. The number of amides is 2. The van der Waals surface area contributed by atoms with Crippen LogP contribution in [0.25, 0.3) is 0 Å². The van der Waals surface area contributed by atoms with Crippen molar-refractivity contribution in [3.05, 3.63) is 24.3 Å². The molecule has 0 saturated heterocycles. The quantitative estimate of drug-likeness (QED) is 0.706. The second kappa shape index (κ2) is 8.88. The average Bonchev–Trinajstić information content (AvgIpc) is 2.56. The van der Waals surface area contributed by atoms with Crippen LogP contribution in [0.15, 0.2) is 24.3 Å². The fourth-order valence-electron chi connectivity index (χ4n) is 2.66. The zero-order chi connectivity index (χ0) is 19.2. The third-order valence-corrected chi connectivity index (χ3v) is 3.86. The molecule has 1 aromatic carbocycles. The van der Waals surface area contributed by atoms with Crippen LogP contribution in [0.2, 0.25) is 0 Å². The summed E-state index contributed by atoms with van der Waals surface area (Å²) in [5.74, 6) is 0.130. The highest BCUT2D eigenvalue weighted by Crippen LogP contribution is 2.31. The molecule has 26 heavy (non-hydrogen) atoms. The Bertz CT molecular complexity index is 637. The Morgan fingerprint density at radius 1 is 1.35 bits per heavy atom. The lowest BCUT2D eigenvalue weighted by molar-refractivity contribution is -0.143. The lowest BCUT2D eigenvalue weighted by Gasteiger charge is -2.29. The number of ether oxygens (including phenoxy) is 1. The first-order valence-corrected chi connectivity index (χ1v) is 8.30. The summed E-state index contributed by atoms with van der Waals surface area (Å²) in [5, 5.41) is 2.66. The van der Waals surface area contributed by atoms with Crippen molar-refractivity contribution in [2.24, 2.45) is 0 Å². The summed E-state index contributed by atoms with van der Waals surface area (Å²) in [7, 11) is 1.39. The topological polar surface area (TPSA) is 61.9 Å². The molecule has 1 aliphatic rings. The van der Waals surface area contributed by atoms with Crippen molar-refractivity contribution in [3.8, 4) is 5.75 Å². The lowest BCUT2D eigenvalue weighted by atomic mass is 10.2. The van der Waals surface area contributed by atoms with E-state index in [1.54, 1.807) is 24.3 Å². The van der Waals surface area contributed by atoms with Gasteiger partial charge in [0.25, 0.3) is 5.91 Å². The van der Waals surface area contributed by atoms with E-state index in [2.05, 4.69) is 5.32 Å². The molecule has 6 nitrogen and oxygen atoms in total. The number of anilines is 1. The molecule has 9 heteroatoms. The number of benzene rings is 1. The molecule has 0 atom stereocenters. The van der Waals surface area contributed by atoms with Gasteiger partial charge in [0.05, 0.1) is 12.2 Å². The molecular weight excluding hydrogens is 351 g/mol. The van der Waals surface area contributed by atoms with Gasteiger partial charge in [-0.05, 0) is 32.1 Å². The second-order valence-corrected chi connectivity index (χ2v) is 6.11. The van der Waals surface area contributed by atoms with Crippen molar-refractivity contribution in [2.45, 2.75) is 19.0 Å². The summed E-state index contributed by atoms with van der Waals surface area (Å²) < 4.78 is 41.9. The van der Waals surface area contributed by atoms with E-state index in [0.717, 1.165) is 4.90 Å². The third kappa shape index (κ3) is 6.21. The Balaban J connectivity index is 1.70. The largest absolute Gasteiger partial charge is 0.482 e. The summed E-state index contributed by atoms with van der Waals surface area (Å²) in [6.45, 7) is -0.299. The molecule has 0 spiro atoms. The zero-order valence-electron chi connectivity index (χ0n) is 14.5. The van der Waals surface area contributed by atoms with Gasteiger partial charge in [-0.2, -0.15) is 13.2 Å². The number of halogens is 3. The van der Waals surface area contributed by atoms with E-state index in [0.29, 0.717) is 17.9 Å². The first-order valence-electron chi connectivity index (χ1n) is 8.30. The number of nitrogens with one attached hydrogen (secondary N) is 1. The molecule has 0 unspecified atom stereocenters. The monoisotopic (exact) mass is 373 g/mol. The Hall–Kier alpha value is -2.29. The number of hydrogen-bond acceptors (Lipinski definition) is 4. The second-order valence-electron chi connectivity index (χ2n) is 6.11. The molecule has 1 N–H and O–H groups in total. The molecule has 1 aromatic rings. The number of alkyl halides is 3. The number of fused-ring (bicyclic) bond motifs is 1. The third-order valence-electron chi connectivity index (χ3n) is 3.86. The lowest BCUT2D eigenvalue weighted by Crippen LogP contribution is -2.41. The van der Waals surface area contributed by atoms with Crippen LogP contribution in [0.3, 0.4) is 0 Å². The maximum absolute atomic E-state index is 12.2. The van der Waals surface area contributed by atoms with Crippen LogP contribution in [0.1, 0.15) is 12.8 Å². The summed E-state index contributed by atoms with van der Waals surface area (Å²) in [6.07, 6.45) is -3.70. The molecule has 0 radical (unpaired) electrons. The molecule has 0 aromatic heterocycles. The Morgan fingerprint density at radius 2 is 2.08 bits per heavy atom. The first-order chi connectivity index (χ1) is 12.3. The van der Waals surface area contributed by atoms with Gasteiger partial charge in [0.1, 0.15) is 5.75 Å². The van der Waals surface area contributed by atoms with Crippen LogP contribution in [-0.2, 0) is 9.59 Å². The Kier molecular flexibility index (Phi) is 6.84. The molecule has 1 heterocycles. The van der Waals surface area contributed by atoms with Crippen molar-refractivity contribution in [1.29, 1.82) is 0 Å². The highest BCUT2D eigenvalue weighted by molar-refractivity contribution is 5.98. The van der Waals surface area contributed by atoms with Gasteiger partial charge in [-0.3, -0.25) is 14.5 Å². The van der Waals surface area contributed by atoms with Gasteiger partial charge in [0.15, 0.2) is 6.61 Å². The molecule has 2 rings (SSSR count). The van der Waals surface area contributed by atoms with Gasteiger partial charge in [-0.25, -0.2) is 0 Å². The maximum atomic E-state index is 12.2. The van der Waals surface area contributed by atoms with E-state index in [1.165, 1.54) is 11.9 Å². The number of hydrogen-bond donors (Lipinski definition) is 1. The Labute approximate surface area is 149 Å². The van der Waals surface area contributed by atoms with Gasteiger partial charge in [0, 0.05) is 19.5 Å². The van der Waals surface area contributed by atoms with Crippen LogP contribution in [0.5, 0.6) is 5.75 Å². The van der Waals surface area contributed by atoms with Crippen molar-refractivity contribution < 1.29 is 27.5 Å². The molecule has 0 fully saturated rings. The van der Waals surface area contributed by atoms with E-state index in [-0.39, 0.29) is 44.5 Å². The Morgan fingerprint density at radius 3 is 2.81 bits per heavy atom. The minimum absolute atomic E-state index is 0.0653. The predicted octanol–water partition coefficient (Wildman–Crippen LogP) is 1.80. The average molecular weight is 373 g/mol. The molecule has 0 saturated carbocycles. The summed E-state index contributed by atoms with van der Waals surface area (Å²) in [6, 6.07) is 7.09. The van der Waals surface area contributed by atoms with E-state index < -0.39 is 12.7 Å². The zero-order valence-corrected chi connectivity index (χ0v) is 14.5. The number of nitrogens with zero attached hydrogens (tertiary/aromatic N) is 2. The van der Waals surface area contributed by atoms with Crippen LogP contribution in [0.4, 0.5) is 18.9 Å². The highest BCUT2D eigenvalue weighted by atomic mass is 19.4. The number of para-hydroxylation sites is 2. The highest BCUT2D eigenvalue weighted by Gasteiger charge is 2.29. The molecular formula is C17H22F3N3O3. The van der Waals surface area contributed by atoms with Gasteiger partial charge in [0.2, 0.25) is 5.91 Å². The summed E-state index contributed by atoms with van der Waals surface area (Å²) >= 11 is 0. The SMILES string of the molecule is CN(CCCNC(=O)CCN1C(=O)COc2ccccc21)CC(F)(F)F.